The number of carbonyl (C=O) groups excluding carboxylic acids is 3. The van der Waals surface area contributed by atoms with Gasteiger partial charge in [0.05, 0.1) is 19.1 Å². The van der Waals surface area contributed by atoms with Gasteiger partial charge < -0.3 is 48.5 Å². The first-order valence-corrected chi connectivity index (χ1v) is 9.94. The number of nitrogens with two attached hydrogens (primary N) is 3. The molecule has 4 atom stereocenters. The summed E-state index contributed by atoms with van der Waals surface area (Å²) in [4.78, 5) is 62.2. The van der Waals surface area contributed by atoms with Crippen molar-refractivity contribution < 1.29 is 39.3 Å². The number of carbonyl (C=O) groups is 5. The number of aliphatic carboxylic acids is 2. The highest BCUT2D eigenvalue weighted by Crippen LogP contribution is 1.99. The van der Waals surface area contributed by atoms with Crippen molar-refractivity contribution in [1.29, 1.82) is 0 Å². The molecule has 0 aromatic rings. The molecule has 32 heavy (non-hydrogen) atoms. The molecule has 16 heteroatoms. The van der Waals surface area contributed by atoms with E-state index in [0.29, 0.717) is 6.42 Å². The summed E-state index contributed by atoms with van der Waals surface area (Å²) in [6.45, 7) is -0.666. The van der Waals surface area contributed by atoms with Gasteiger partial charge in [-0.1, -0.05) is 0 Å². The van der Waals surface area contributed by atoms with Gasteiger partial charge in [0.25, 0.3) is 0 Å². The van der Waals surface area contributed by atoms with Crippen LogP contribution in [0.15, 0.2) is 4.99 Å². The number of carboxylic acids is 2. The quantitative estimate of drug-likeness (QED) is 0.0461. The van der Waals surface area contributed by atoms with Crippen LogP contribution >= 0.6 is 12.6 Å². The topological polar surface area (TPSA) is 273 Å². The molecule has 3 amide bonds. The molecule has 15 nitrogen and oxygen atoms in total. The lowest BCUT2D eigenvalue weighted by Gasteiger charge is -2.23. The fourth-order valence-electron chi connectivity index (χ4n) is 2.24. The summed E-state index contributed by atoms with van der Waals surface area (Å²) in [6.07, 6.45) is -0.299. The molecule has 0 saturated heterocycles. The Labute approximate surface area is 188 Å². The summed E-state index contributed by atoms with van der Waals surface area (Å²) in [5, 5.41) is 33.4. The van der Waals surface area contributed by atoms with Crippen LogP contribution in [0.4, 0.5) is 0 Å². The molecule has 0 radical (unpaired) electrons. The largest absolute Gasteiger partial charge is 0.481 e. The van der Waals surface area contributed by atoms with Crippen molar-refractivity contribution in [2.75, 3.05) is 18.9 Å². The molecule has 0 aliphatic heterocycles. The Hall–Kier alpha value is -3.11. The maximum Gasteiger partial charge on any atom is 0.326 e. The van der Waals surface area contributed by atoms with Crippen LogP contribution < -0.4 is 33.2 Å². The highest BCUT2D eigenvalue weighted by molar-refractivity contribution is 7.80. The number of aliphatic imine (C=N–C) groups is 1. The Morgan fingerprint density at radius 3 is 1.91 bits per heavy atom. The molecule has 0 fully saturated rings. The molecule has 0 aromatic carbocycles. The number of nitrogens with one attached hydrogen (secondary N) is 3. The van der Waals surface area contributed by atoms with Crippen LogP contribution in [0, 0.1) is 0 Å². The first kappa shape index (κ1) is 28.9. The van der Waals surface area contributed by atoms with E-state index in [1.807, 2.05) is 5.32 Å². The molecule has 0 aliphatic rings. The summed E-state index contributed by atoms with van der Waals surface area (Å²) in [7, 11) is 0. The second-order valence-electron chi connectivity index (χ2n) is 6.54. The van der Waals surface area contributed by atoms with E-state index in [1.165, 1.54) is 0 Å². The van der Waals surface area contributed by atoms with Gasteiger partial charge in [-0.3, -0.25) is 24.2 Å². The first-order valence-electron chi connectivity index (χ1n) is 9.31. The summed E-state index contributed by atoms with van der Waals surface area (Å²) in [5.41, 5.74) is 16.1. The predicted octanol–water partition coefficient (Wildman–Crippen LogP) is -4.70. The van der Waals surface area contributed by atoms with Gasteiger partial charge in [0.1, 0.15) is 18.1 Å². The van der Waals surface area contributed by atoms with Gasteiger partial charge in [-0.15, -0.1) is 0 Å². The zero-order valence-corrected chi connectivity index (χ0v) is 18.0. The third-order valence-electron chi connectivity index (χ3n) is 3.93. The van der Waals surface area contributed by atoms with E-state index in [1.54, 1.807) is 0 Å². The Bertz CT molecular complexity index is 717. The third-order valence-corrected chi connectivity index (χ3v) is 4.29. The minimum absolute atomic E-state index is 0.102. The minimum Gasteiger partial charge on any atom is -0.481 e. The van der Waals surface area contributed by atoms with Crippen molar-refractivity contribution in [2.45, 2.75) is 43.4 Å². The maximum absolute atomic E-state index is 12.4. The number of carboxylic acid groups (broad SMARTS) is 2. The van der Waals surface area contributed by atoms with Gasteiger partial charge in [0.15, 0.2) is 5.96 Å². The Morgan fingerprint density at radius 1 is 0.906 bits per heavy atom. The van der Waals surface area contributed by atoms with E-state index < -0.39 is 66.9 Å². The number of hydrogen-bond acceptors (Lipinski definition) is 9. The van der Waals surface area contributed by atoms with E-state index in [0.717, 1.165) is 0 Å². The van der Waals surface area contributed by atoms with Crippen molar-refractivity contribution in [3.05, 3.63) is 0 Å². The number of amides is 3. The van der Waals surface area contributed by atoms with Crippen LogP contribution in [-0.2, 0) is 24.0 Å². The van der Waals surface area contributed by atoms with E-state index >= 15 is 0 Å². The third kappa shape index (κ3) is 11.3. The van der Waals surface area contributed by atoms with Crippen molar-refractivity contribution in [3.63, 3.8) is 0 Å². The van der Waals surface area contributed by atoms with Gasteiger partial charge in [-0.05, 0) is 12.8 Å². The van der Waals surface area contributed by atoms with E-state index in [2.05, 4.69) is 28.3 Å². The minimum atomic E-state index is -1.77. The second-order valence-corrected chi connectivity index (χ2v) is 6.91. The Morgan fingerprint density at radius 2 is 1.44 bits per heavy atom. The maximum atomic E-state index is 12.4. The molecule has 0 heterocycles. The molecule has 0 aliphatic carbocycles. The lowest BCUT2D eigenvalue weighted by Crippen LogP contribution is -2.58. The van der Waals surface area contributed by atoms with Crippen molar-refractivity contribution in [3.8, 4) is 0 Å². The van der Waals surface area contributed by atoms with Crippen LogP contribution in [0.5, 0.6) is 0 Å². The van der Waals surface area contributed by atoms with Crippen LogP contribution in [0.2, 0.25) is 0 Å². The van der Waals surface area contributed by atoms with Crippen LogP contribution in [0.3, 0.4) is 0 Å². The molecule has 0 aromatic heterocycles. The second kappa shape index (κ2) is 14.8. The van der Waals surface area contributed by atoms with Crippen LogP contribution in [0.25, 0.3) is 0 Å². The SMILES string of the molecule is NC(N)=NCCCC(N)C(=O)NC(CS)C(=O)NC(CO)C(=O)NC(CC(=O)O)C(=O)O. The molecule has 0 bridgehead atoms. The highest BCUT2D eigenvalue weighted by atomic mass is 32.1. The summed E-state index contributed by atoms with van der Waals surface area (Å²) >= 11 is 3.96. The number of guanidine groups is 1. The number of aliphatic hydroxyl groups is 1. The van der Waals surface area contributed by atoms with Crippen LogP contribution in [-0.4, -0.2) is 94.0 Å². The Kier molecular flexibility index (Phi) is 13.4. The number of nitrogens with zero attached hydrogens (tertiary/aromatic N) is 1. The molecule has 182 valence electrons. The van der Waals surface area contributed by atoms with Gasteiger partial charge in [-0.2, -0.15) is 12.6 Å². The molecular weight excluding hydrogens is 450 g/mol. The number of thiol groups is 1. The number of aliphatic hydroxyl groups excluding tert-OH is 1. The Balaban J connectivity index is 4.90. The molecular formula is C16H29N7O8S. The predicted molar refractivity (Wildman–Crippen MR) is 115 cm³/mol. The smallest absolute Gasteiger partial charge is 0.326 e. The fraction of sp³-hybridized carbons (Fsp3) is 0.625. The van der Waals surface area contributed by atoms with Crippen LogP contribution in [0.1, 0.15) is 19.3 Å². The van der Waals surface area contributed by atoms with Crippen molar-refractivity contribution in [2.24, 2.45) is 22.2 Å². The molecule has 0 saturated carbocycles. The van der Waals surface area contributed by atoms with Gasteiger partial charge >= 0.3 is 11.9 Å². The van der Waals surface area contributed by atoms with Crippen molar-refractivity contribution in [1.82, 2.24) is 16.0 Å². The molecule has 0 spiro atoms. The van der Waals surface area contributed by atoms with Crippen molar-refractivity contribution >= 4 is 48.2 Å². The monoisotopic (exact) mass is 479 g/mol. The normalized spacial score (nSPS) is 14.2. The average Bonchev–Trinajstić information content (AvgIpc) is 2.71. The first-order chi connectivity index (χ1) is 14.9. The fourth-order valence-corrected chi connectivity index (χ4v) is 2.49. The zero-order chi connectivity index (χ0) is 24.8. The van der Waals surface area contributed by atoms with E-state index in [9.17, 15) is 29.1 Å². The van der Waals surface area contributed by atoms with E-state index in [-0.39, 0.29) is 24.7 Å². The summed E-state index contributed by atoms with van der Waals surface area (Å²) in [5.74, 6) is -6.09. The number of hydrogen-bond donors (Lipinski definition) is 10. The average molecular weight is 480 g/mol. The van der Waals surface area contributed by atoms with E-state index in [4.69, 9.17) is 27.4 Å². The zero-order valence-electron chi connectivity index (χ0n) is 17.1. The standard InChI is InChI=1S/C16H29N7O8S/c17-7(2-1-3-20-16(18)19)12(27)23-10(6-32)14(29)22-9(5-24)13(28)21-8(15(30)31)4-11(25)26/h7-10,24,32H,1-6,17H2,(H,21,28)(H,22,29)(H,23,27)(H,25,26)(H,30,31)(H4,18,19,20). The lowest BCUT2D eigenvalue weighted by molar-refractivity contribution is -0.147. The summed E-state index contributed by atoms with van der Waals surface area (Å²) < 4.78 is 0. The van der Waals surface area contributed by atoms with Gasteiger partial charge in [0.2, 0.25) is 17.7 Å². The van der Waals surface area contributed by atoms with Gasteiger partial charge in [0, 0.05) is 12.3 Å². The molecule has 12 N–H and O–H groups in total. The molecule has 0 rings (SSSR count). The summed E-state index contributed by atoms with van der Waals surface area (Å²) in [6, 6.07) is -5.59. The lowest BCUT2D eigenvalue weighted by atomic mass is 10.1. The van der Waals surface area contributed by atoms with Gasteiger partial charge in [-0.25, -0.2) is 4.79 Å². The molecule has 4 unspecified atom stereocenters. The number of rotatable bonds is 15. The highest BCUT2D eigenvalue weighted by Gasteiger charge is 2.30.